The van der Waals surface area contributed by atoms with Crippen LogP contribution in [-0.2, 0) is 11.3 Å². The summed E-state index contributed by atoms with van der Waals surface area (Å²) in [7, 11) is 0. The summed E-state index contributed by atoms with van der Waals surface area (Å²) < 4.78 is 5.73. The van der Waals surface area contributed by atoms with E-state index in [0.29, 0.717) is 25.1 Å². The van der Waals surface area contributed by atoms with Crippen molar-refractivity contribution in [2.45, 2.75) is 59.0 Å². The summed E-state index contributed by atoms with van der Waals surface area (Å²) in [5.41, 5.74) is 1.04. The summed E-state index contributed by atoms with van der Waals surface area (Å²) in [5, 5.41) is 6.88. The summed E-state index contributed by atoms with van der Waals surface area (Å²) >= 11 is 0. The lowest BCUT2D eigenvalue weighted by molar-refractivity contribution is -0.136. The van der Waals surface area contributed by atoms with Crippen LogP contribution in [0.3, 0.4) is 0 Å². The molecule has 1 heterocycles. The molecule has 0 radical (unpaired) electrons. The number of hydrogen-bond donors (Lipinski definition) is 2. The number of guanidine groups is 1. The lowest BCUT2D eigenvalue weighted by Gasteiger charge is -2.34. The van der Waals surface area contributed by atoms with Crippen molar-refractivity contribution in [3.63, 3.8) is 0 Å². The van der Waals surface area contributed by atoms with E-state index in [-0.39, 0.29) is 29.9 Å². The minimum absolute atomic E-state index is 0. The number of piperidine rings is 1. The maximum absolute atomic E-state index is 12.6. The van der Waals surface area contributed by atoms with E-state index >= 15 is 0 Å². The average Bonchev–Trinajstić information content (AvgIpc) is 2.78. The van der Waals surface area contributed by atoms with Gasteiger partial charge in [0, 0.05) is 37.2 Å². The van der Waals surface area contributed by atoms with Gasteiger partial charge in [-0.1, -0.05) is 44.7 Å². The van der Waals surface area contributed by atoms with Crippen LogP contribution in [0, 0.1) is 5.92 Å². The highest BCUT2D eigenvalue weighted by Crippen LogP contribution is 2.19. The van der Waals surface area contributed by atoms with Gasteiger partial charge in [0.05, 0.1) is 6.54 Å². The Morgan fingerprint density at radius 3 is 2.55 bits per heavy atom. The second kappa shape index (κ2) is 15.1. The van der Waals surface area contributed by atoms with E-state index in [0.717, 1.165) is 62.6 Å². The second-order valence-electron chi connectivity index (χ2n) is 7.66. The Kier molecular flexibility index (Phi) is 13.3. The van der Waals surface area contributed by atoms with Gasteiger partial charge in [-0.05, 0) is 38.7 Å². The van der Waals surface area contributed by atoms with Gasteiger partial charge in [-0.3, -0.25) is 4.79 Å². The van der Waals surface area contributed by atoms with Crippen molar-refractivity contribution in [2.24, 2.45) is 10.9 Å². The van der Waals surface area contributed by atoms with Crippen LogP contribution in [0.15, 0.2) is 41.9 Å². The molecule has 2 N–H and O–H groups in total. The summed E-state index contributed by atoms with van der Waals surface area (Å²) in [5.74, 6) is 2.12. The minimum Gasteiger partial charge on any atom is -0.489 e. The molecule has 1 amide bonds. The van der Waals surface area contributed by atoms with Crippen LogP contribution in [0.25, 0.3) is 0 Å². The van der Waals surface area contributed by atoms with Crippen LogP contribution < -0.4 is 15.4 Å². The quantitative estimate of drug-likeness (QED) is 0.200. The molecule has 174 valence electrons. The van der Waals surface area contributed by atoms with Crippen molar-refractivity contribution in [2.75, 3.05) is 26.2 Å². The number of amides is 1. The molecule has 6 nitrogen and oxygen atoms in total. The Morgan fingerprint density at radius 1 is 1.26 bits per heavy atom. The van der Waals surface area contributed by atoms with E-state index in [1.165, 1.54) is 0 Å². The zero-order valence-electron chi connectivity index (χ0n) is 19.2. The monoisotopic (exact) mass is 542 g/mol. The van der Waals surface area contributed by atoms with Gasteiger partial charge >= 0.3 is 0 Å². The van der Waals surface area contributed by atoms with E-state index in [2.05, 4.69) is 38.0 Å². The number of para-hydroxylation sites is 1. The van der Waals surface area contributed by atoms with E-state index in [9.17, 15) is 4.79 Å². The smallest absolute Gasteiger partial charge is 0.225 e. The van der Waals surface area contributed by atoms with E-state index in [1.54, 1.807) is 6.08 Å². The molecule has 2 rings (SSSR count). The Hall–Kier alpha value is -1.77. The maximum Gasteiger partial charge on any atom is 0.225 e. The number of aliphatic imine (C=N–C) groups is 1. The van der Waals surface area contributed by atoms with E-state index in [4.69, 9.17) is 9.73 Å². The molecule has 1 aliphatic heterocycles. The van der Waals surface area contributed by atoms with Crippen molar-refractivity contribution < 1.29 is 9.53 Å². The molecular weight excluding hydrogens is 503 g/mol. The lowest BCUT2D eigenvalue weighted by atomic mass is 9.98. The highest BCUT2D eigenvalue weighted by Gasteiger charge is 2.26. The number of ether oxygens (including phenoxy) is 1. The number of benzene rings is 1. The summed E-state index contributed by atoms with van der Waals surface area (Å²) in [6.07, 6.45) is 5.46. The normalized spacial score (nSPS) is 14.7. The molecule has 31 heavy (non-hydrogen) atoms. The fraction of sp³-hybridized carbons (Fsp3) is 0.583. The number of carbonyl (C=O) groups is 1. The fourth-order valence-corrected chi connectivity index (χ4v) is 3.74. The summed E-state index contributed by atoms with van der Waals surface area (Å²) in [6.45, 7) is 13.4. The standard InChI is InChI=1S/C24H38N4O2.HI/c1-5-17-30-22-12-10-9-11-20(22)18-26-24(25-8-4)27-21-13-15-28(16-14-21)23(29)19(6-2)7-3;/h5,9-12,19,21H,1,6-8,13-18H2,2-4H3,(H2,25,26,27);1H. The molecule has 0 aromatic heterocycles. The van der Waals surface area contributed by atoms with Crippen molar-refractivity contribution >= 4 is 35.8 Å². The van der Waals surface area contributed by atoms with Gasteiger partial charge in [0.25, 0.3) is 0 Å². The average molecular weight is 543 g/mol. The highest BCUT2D eigenvalue weighted by atomic mass is 127. The summed E-state index contributed by atoms with van der Waals surface area (Å²) in [6, 6.07) is 8.28. The van der Waals surface area contributed by atoms with Crippen molar-refractivity contribution in [3.8, 4) is 5.75 Å². The van der Waals surface area contributed by atoms with Gasteiger partial charge < -0.3 is 20.3 Å². The first-order chi connectivity index (χ1) is 14.6. The zero-order chi connectivity index (χ0) is 21.8. The Balaban J connectivity index is 0.00000480. The van der Waals surface area contributed by atoms with Gasteiger partial charge in [-0.25, -0.2) is 4.99 Å². The predicted molar refractivity (Wildman–Crippen MR) is 139 cm³/mol. The molecule has 1 aromatic rings. The number of likely N-dealkylation sites (tertiary alicyclic amines) is 1. The zero-order valence-corrected chi connectivity index (χ0v) is 21.6. The number of nitrogens with zero attached hydrogens (tertiary/aromatic N) is 2. The predicted octanol–water partition coefficient (Wildman–Crippen LogP) is 4.35. The van der Waals surface area contributed by atoms with Gasteiger partial charge in [-0.2, -0.15) is 0 Å². The number of nitrogens with one attached hydrogen (secondary N) is 2. The van der Waals surface area contributed by atoms with Crippen molar-refractivity contribution in [1.82, 2.24) is 15.5 Å². The fourth-order valence-electron chi connectivity index (χ4n) is 3.74. The van der Waals surface area contributed by atoms with Crippen LogP contribution in [0.5, 0.6) is 5.75 Å². The Labute approximate surface area is 204 Å². The van der Waals surface area contributed by atoms with Gasteiger partial charge in [-0.15, -0.1) is 24.0 Å². The molecule has 0 aliphatic carbocycles. The first-order valence-electron chi connectivity index (χ1n) is 11.3. The highest BCUT2D eigenvalue weighted by molar-refractivity contribution is 14.0. The van der Waals surface area contributed by atoms with E-state index in [1.807, 2.05) is 29.2 Å². The topological polar surface area (TPSA) is 66.0 Å². The molecular formula is C24H39IN4O2. The molecule has 0 unspecified atom stereocenters. The summed E-state index contributed by atoms with van der Waals surface area (Å²) in [4.78, 5) is 19.4. The van der Waals surface area contributed by atoms with Crippen molar-refractivity contribution in [3.05, 3.63) is 42.5 Å². The molecule has 0 saturated carbocycles. The van der Waals surface area contributed by atoms with Crippen LogP contribution in [0.4, 0.5) is 0 Å². The largest absolute Gasteiger partial charge is 0.489 e. The third-order valence-corrected chi connectivity index (χ3v) is 5.56. The molecule has 7 heteroatoms. The number of carbonyl (C=O) groups excluding carboxylic acids is 1. The van der Waals surface area contributed by atoms with Crippen LogP contribution in [0.1, 0.15) is 52.0 Å². The Morgan fingerprint density at radius 2 is 1.94 bits per heavy atom. The molecule has 0 atom stereocenters. The molecule has 1 saturated heterocycles. The Bertz CT molecular complexity index is 699. The van der Waals surface area contributed by atoms with Crippen molar-refractivity contribution in [1.29, 1.82) is 0 Å². The van der Waals surface area contributed by atoms with Crippen LogP contribution >= 0.6 is 24.0 Å². The molecule has 0 bridgehead atoms. The first kappa shape index (κ1) is 27.3. The number of hydrogen-bond acceptors (Lipinski definition) is 3. The molecule has 1 aliphatic rings. The van der Waals surface area contributed by atoms with Crippen LogP contribution in [-0.4, -0.2) is 49.0 Å². The second-order valence-corrected chi connectivity index (χ2v) is 7.66. The minimum atomic E-state index is 0. The molecule has 0 spiro atoms. The lowest BCUT2D eigenvalue weighted by Crippen LogP contribution is -2.50. The SMILES string of the molecule is C=CCOc1ccccc1CN=C(NCC)NC1CCN(C(=O)C(CC)CC)CC1.I. The molecule has 1 aromatic carbocycles. The van der Waals surface area contributed by atoms with Crippen LogP contribution in [0.2, 0.25) is 0 Å². The van der Waals surface area contributed by atoms with Gasteiger partial charge in [0.2, 0.25) is 5.91 Å². The van der Waals surface area contributed by atoms with E-state index < -0.39 is 0 Å². The maximum atomic E-state index is 12.6. The third-order valence-electron chi connectivity index (χ3n) is 5.56. The third kappa shape index (κ3) is 8.71. The van der Waals surface area contributed by atoms with Gasteiger partial charge in [0.15, 0.2) is 5.96 Å². The van der Waals surface area contributed by atoms with Gasteiger partial charge in [0.1, 0.15) is 12.4 Å². The first-order valence-corrected chi connectivity index (χ1v) is 11.3. The number of rotatable bonds is 10. The number of halogens is 1. The molecule has 1 fully saturated rings.